The molecule has 0 bridgehead atoms. The number of non-ortho nitro benzene ring substituents is 1. The predicted octanol–water partition coefficient (Wildman–Crippen LogP) is 4.35. The third kappa shape index (κ3) is 3.47. The normalized spacial score (nSPS) is 11.5. The molecule has 0 aliphatic rings. The van der Waals surface area contributed by atoms with Crippen molar-refractivity contribution in [2.24, 2.45) is 5.10 Å². The van der Waals surface area contributed by atoms with Crippen LogP contribution in [0.5, 0.6) is 0 Å². The maximum absolute atomic E-state index is 10.9. The molecule has 2 aromatic heterocycles. The maximum atomic E-state index is 10.9. The van der Waals surface area contributed by atoms with E-state index in [9.17, 15) is 10.1 Å². The van der Waals surface area contributed by atoms with Gasteiger partial charge in [-0.1, -0.05) is 30.3 Å². The number of aromatic nitrogens is 4. The van der Waals surface area contributed by atoms with Crippen molar-refractivity contribution < 1.29 is 4.92 Å². The Bertz CT molecular complexity index is 1300. The summed E-state index contributed by atoms with van der Waals surface area (Å²) in [5.74, 6) is 0.679. The van der Waals surface area contributed by atoms with Crippen LogP contribution in [0.3, 0.4) is 0 Å². The van der Waals surface area contributed by atoms with Crippen molar-refractivity contribution in [2.75, 3.05) is 0 Å². The van der Waals surface area contributed by atoms with Crippen LogP contribution in [0.25, 0.3) is 10.9 Å². The van der Waals surface area contributed by atoms with Crippen LogP contribution in [0, 0.1) is 28.7 Å². The Labute approximate surface area is 171 Å². The molecule has 0 amide bonds. The molecule has 2 aromatic carbocycles. The van der Waals surface area contributed by atoms with E-state index in [-0.39, 0.29) is 5.69 Å². The van der Waals surface area contributed by atoms with Crippen molar-refractivity contribution in [2.45, 2.75) is 20.4 Å². The zero-order valence-corrected chi connectivity index (χ0v) is 16.7. The van der Waals surface area contributed by atoms with E-state index in [0.29, 0.717) is 17.1 Å². The molecule has 0 atom stereocenters. The summed E-state index contributed by atoms with van der Waals surface area (Å²) in [7, 11) is 0. The summed E-state index contributed by atoms with van der Waals surface area (Å²) in [4.78, 5) is 10.5. The second-order valence-corrected chi connectivity index (χ2v) is 7.04. The van der Waals surface area contributed by atoms with Crippen LogP contribution < -0.4 is 0 Å². The monoisotopic (exact) mass is 406 g/mol. The number of para-hydroxylation sites is 1. The van der Waals surface area contributed by atoms with Crippen molar-refractivity contribution >= 4 is 35.0 Å². The number of aromatic amines is 1. The minimum atomic E-state index is -0.391. The van der Waals surface area contributed by atoms with Gasteiger partial charge in [-0.3, -0.25) is 15.2 Å². The van der Waals surface area contributed by atoms with E-state index in [1.54, 1.807) is 23.0 Å². The van der Waals surface area contributed by atoms with Crippen molar-refractivity contribution in [3.63, 3.8) is 0 Å². The lowest BCUT2D eigenvalue weighted by Gasteiger charge is -2.08. The number of hydrogen-bond donors (Lipinski definition) is 1. The minimum Gasteiger partial charge on any atom is -0.340 e. The predicted molar refractivity (Wildman–Crippen MR) is 114 cm³/mol. The third-order valence-corrected chi connectivity index (χ3v) is 5.15. The molecule has 0 spiro atoms. The molecular formula is C20H18N6O2S. The Morgan fingerprint density at radius 3 is 2.59 bits per heavy atom. The van der Waals surface area contributed by atoms with E-state index >= 15 is 0 Å². The van der Waals surface area contributed by atoms with Crippen molar-refractivity contribution in [1.29, 1.82) is 0 Å². The molecule has 4 aromatic rings. The summed E-state index contributed by atoms with van der Waals surface area (Å²) >= 11 is 5.22. The smallest absolute Gasteiger partial charge is 0.269 e. The fraction of sp³-hybridized carbons (Fsp3) is 0.150. The first-order valence-electron chi connectivity index (χ1n) is 8.95. The minimum absolute atomic E-state index is 0.0860. The molecule has 2 heterocycles. The molecular weight excluding hydrogens is 388 g/mol. The molecule has 29 heavy (non-hydrogen) atoms. The molecule has 8 nitrogen and oxygen atoms in total. The average Bonchev–Trinajstić information content (AvgIpc) is 3.17. The molecule has 1 N–H and O–H groups in total. The fourth-order valence-electron chi connectivity index (χ4n) is 3.35. The quantitative estimate of drug-likeness (QED) is 0.231. The Morgan fingerprint density at radius 1 is 1.21 bits per heavy atom. The van der Waals surface area contributed by atoms with Gasteiger partial charge in [0.05, 0.1) is 11.1 Å². The maximum Gasteiger partial charge on any atom is 0.269 e. The van der Waals surface area contributed by atoms with Gasteiger partial charge in [0, 0.05) is 40.8 Å². The van der Waals surface area contributed by atoms with E-state index in [2.05, 4.69) is 32.0 Å². The van der Waals surface area contributed by atoms with Gasteiger partial charge in [0.25, 0.3) is 5.69 Å². The van der Waals surface area contributed by atoms with E-state index in [0.717, 1.165) is 27.7 Å². The number of H-pyrrole nitrogens is 1. The Kier molecular flexibility index (Phi) is 4.81. The van der Waals surface area contributed by atoms with Crippen LogP contribution in [0.2, 0.25) is 0 Å². The highest BCUT2D eigenvalue weighted by Gasteiger charge is 2.13. The SMILES string of the molecule is Cc1n[nH]c(=S)n1/N=C\c1c(C)n(Cc2ccc([N+](=O)[O-])cc2)c2ccccc12. The number of fused-ring (bicyclic) bond motifs is 1. The molecule has 0 saturated heterocycles. The van der Waals surface area contributed by atoms with Crippen LogP contribution in [0.15, 0.2) is 53.6 Å². The summed E-state index contributed by atoms with van der Waals surface area (Å²) < 4.78 is 4.20. The lowest BCUT2D eigenvalue weighted by molar-refractivity contribution is -0.384. The average molecular weight is 406 g/mol. The van der Waals surface area contributed by atoms with Gasteiger partial charge in [0.2, 0.25) is 4.77 Å². The number of benzene rings is 2. The number of aryl methyl sites for hydroxylation is 1. The third-order valence-electron chi connectivity index (χ3n) is 4.88. The van der Waals surface area contributed by atoms with Crippen LogP contribution >= 0.6 is 12.2 Å². The zero-order valence-electron chi connectivity index (χ0n) is 15.9. The van der Waals surface area contributed by atoms with E-state index in [4.69, 9.17) is 12.2 Å². The first-order valence-corrected chi connectivity index (χ1v) is 9.36. The van der Waals surface area contributed by atoms with Crippen molar-refractivity contribution in [3.05, 3.63) is 86.1 Å². The van der Waals surface area contributed by atoms with E-state index in [1.165, 1.54) is 12.1 Å². The number of hydrogen-bond acceptors (Lipinski definition) is 5. The van der Waals surface area contributed by atoms with Gasteiger partial charge in [-0.2, -0.15) is 14.9 Å². The topological polar surface area (TPSA) is 94.0 Å². The number of nitro groups is 1. The molecule has 0 radical (unpaired) electrons. The van der Waals surface area contributed by atoms with Crippen LogP contribution in [0.4, 0.5) is 5.69 Å². The molecule has 0 saturated carbocycles. The van der Waals surface area contributed by atoms with Gasteiger partial charge in [-0.25, -0.2) is 0 Å². The van der Waals surface area contributed by atoms with Gasteiger partial charge in [0.1, 0.15) is 5.82 Å². The summed E-state index contributed by atoms with van der Waals surface area (Å²) in [6.45, 7) is 4.46. The Hall–Kier alpha value is -3.59. The summed E-state index contributed by atoms with van der Waals surface area (Å²) in [6.07, 6.45) is 1.79. The number of rotatable bonds is 5. The van der Waals surface area contributed by atoms with Crippen molar-refractivity contribution in [3.8, 4) is 0 Å². The standard InChI is InChI=1S/C20H18N6O2S/c1-13-18(11-21-25-14(2)22-23-20(25)29)17-5-3-4-6-19(17)24(13)12-15-7-9-16(10-8-15)26(27)28/h3-11H,12H2,1-2H3,(H,23,29)/b21-11-. The van der Waals surface area contributed by atoms with Crippen molar-refractivity contribution in [1.82, 2.24) is 19.4 Å². The van der Waals surface area contributed by atoms with Gasteiger partial charge in [-0.05, 0) is 37.7 Å². The molecule has 146 valence electrons. The number of nitro benzene ring substituents is 1. The Morgan fingerprint density at radius 2 is 1.93 bits per heavy atom. The van der Waals surface area contributed by atoms with Gasteiger partial charge >= 0.3 is 0 Å². The molecule has 4 rings (SSSR count). The highest BCUT2D eigenvalue weighted by molar-refractivity contribution is 7.71. The molecule has 0 aliphatic heterocycles. The molecule has 0 unspecified atom stereocenters. The lowest BCUT2D eigenvalue weighted by atomic mass is 10.1. The van der Waals surface area contributed by atoms with Crippen LogP contribution in [-0.2, 0) is 6.54 Å². The van der Waals surface area contributed by atoms with Crippen LogP contribution in [0.1, 0.15) is 22.6 Å². The summed E-state index contributed by atoms with van der Waals surface area (Å²) in [5, 5.41) is 23.3. The highest BCUT2D eigenvalue weighted by atomic mass is 32.1. The highest BCUT2D eigenvalue weighted by Crippen LogP contribution is 2.26. The van der Waals surface area contributed by atoms with E-state index < -0.39 is 4.92 Å². The molecule has 0 aliphatic carbocycles. The largest absolute Gasteiger partial charge is 0.340 e. The van der Waals surface area contributed by atoms with Gasteiger partial charge < -0.3 is 4.57 Å². The summed E-state index contributed by atoms with van der Waals surface area (Å²) in [5.41, 5.74) is 4.17. The van der Waals surface area contributed by atoms with Crippen LogP contribution in [-0.4, -0.2) is 30.6 Å². The van der Waals surface area contributed by atoms with E-state index in [1.807, 2.05) is 26.0 Å². The summed E-state index contributed by atoms with van der Waals surface area (Å²) in [6, 6.07) is 14.7. The van der Waals surface area contributed by atoms with Gasteiger partial charge in [0.15, 0.2) is 0 Å². The number of nitrogens with zero attached hydrogens (tertiary/aromatic N) is 5. The first kappa shape index (κ1) is 18.8. The number of nitrogens with one attached hydrogen (secondary N) is 1. The second kappa shape index (κ2) is 7.44. The fourth-order valence-corrected chi connectivity index (χ4v) is 3.58. The zero-order chi connectivity index (χ0) is 20.5. The first-order chi connectivity index (χ1) is 14.0. The van der Waals surface area contributed by atoms with Gasteiger partial charge in [-0.15, -0.1) is 0 Å². The molecule has 0 fully saturated rings. The Balaban J connectivity index is 1.77. The second-order valence-electron chi connectivity index (χ2n) is 6.66. The lowest BCUT2D eigenvalue weighted by Crippen LogP contribution is -2.03. The molecule has 9 heteroatoms.